The molecule has 90 valence electrons. The smallest absolute Gasteiger partial charge is 0.274 e. The van der Waals surface area contributed by atoms with E-state index in [1.807, 2.05) is 24.3 Å². The number of amides is 1. The first-order valence-electron chi connectivity index (χ1n) is 5.67. The van der Waals surface area contributed by atoms with Gasteiger partial charge in [-0.15, -0.1) is 0 Å². The van der Waals surface area contributed by atoms with Gasteiger partial charge in [0.2, 0.25) is 0 Å². The first kappa shape index (κ1) is 10.7. The van der Waals surface area contributed by atoms with E-state index >= 15 is 0 Å². The molecule has 1 aliphatic rings. The molecule has 1 aromatic heterocycles. The first-order chi connectivity index (χ1) is 8.74. The largest absolute Gasteiger partial charge is 0.382 e. The van der Waals surface area contributed by atoms with Gasteiger partial charge in [-0.2, -0.15) is 0 Å². The summed E-state index contributed by atoms with van der Waals surface area (Å²) >= 11 is 0. The quantitative estimate of drug-likeness (QED) is 0.813. The van der Waals surface area contributed by atoms with E-state index in [-0.39, 0.29) is 5.91 Å². The van der Waals surface area contributed by atoms with Crippen molar-refractivity contribution in [3.05, 3.63) is 53.5 Å². The van der Waals surface area contributed by atoms with Gasteiger partial charge in [-0.05, 0) is 11.1 Å². The molecule has 0 saturated heterocycles. The topological polar surface area (TPSA) is 72.1 Å². The van der Waals surface area contributed by atoms with Gasteiger partial charge < -0.3 is 10.6 Å². The lowest BCUT2D eigenvalue weighted by Crippen LogP contribution is -2.26. The van der Waals surface area contributed by atoms with E-state index in [1.165, 1.54) is 23.5 Å². The predicted octanol–water partition coefficient (Wildman–Crippen LogP) is 1.21. The molecule has 1 aromatic carbocycles. The van der Waals surface area contributed by atoms with Crippen LogP contribution in [0.15, 0.2) is 36.7 Å². The summed E-state index contributed by atoms with van der Waals surface area (Å²) in [7, 11) is 0. The van der Waals surface area contributed by atoms with Gasteiger partial charge in [-0.3, -0.25) is 4.79 Å². The first-order valence-corrected chi connectivity index (χ1v) is 5.67. The summed E-state index contributed by atoms with van der Waals surface area (Å²) in [6.45, 7) is 1.25. The van der Waals surface area contributed by atoms with Crippen LogP contribution in [-0.4, -0.2) is 20.8 Å². The number of hydrogen-bond donors (Lipinski definition) is 1. The highest BCUT2D eigenvalue weighted by Crippen LogP contribution is 2.23. The lowest BCUT2D eigenvalue weighted by molar-refractivity contribution is 0.0745. The molecule has 18 heavy (non-hydrogen) atoms. The summed E-state index contributed by atoms with van der Waals surface area (Å²) in [6, 6.07) is 8.04. The maximum absolute atomic E-state index is 12.2. The third-order valence-electron chi connectivity index (χ3n) is 3.02. The monoisotopic (exact) mass is 240 g/mol. The fraction of sp³-hybridized carbons (Fsp3) is 0.154. The number of nitrogens with zero attached hydrogens (tertiary/aromatic N) is 3. The molecular weight excluding hydrogens is 228 g/mol. The Kier molecular flexibility index (Phi) is 2.44. The molecule has 0 atom stereocenters. The number of aromatic nitrogens is 2. The van der Waals surface area contributed by atoms with Gasteiger partial charge in [0.15, 0.2) is 0 Å². The number of carbonyl (C=O) groups excluding carboxylic acids is 1. The Balaban J connectivity index is 1.82. The summed E-state index contributed by atoms with van der Waals surface area (Å²) in [5.74, 6) is 0.204. The highest BCUT2D eigenvalue weighted by molar-refractivity contribution is 5.92. The van der Waals surface area contributed by atoms with Gasteiger partial charge >= 0.3 is 0 Å². The van der Waals surface area contributed by atoms with E-state index in [0.717, 1.165) is 0 Å². The van der Waals surface area contributed by atoms with E-state index in [0.29, 0.717) is 24.6 Å². The Morgan fingerprint density at radius 1 is 1.11 bits per heavy atom. The standard InChI is InChI=1S/C13H12N4O/c14-12-6-15-11(5-16-12)13(18)17-7-9-3-1-2-4-10(9)8-17/h1-6H,7-8H2,(H2,14,16). The molecule has 2 aromatic rings. The van der Waals surface area contributed by atoms with Crippen molar-refractivity contribution in [1.29, 1.82) is 0 Å². The molecule has 3 rings (SSSR count). The highest BCUT2D eigenvalue weighted by Gasteiger charge is 2.24. The van der Waals surface area contributed by atoms with Crippen LogP contribution in [0, 0.1) is 0 Å². The average Bonchev–Trinajstić information content (AvgIpc) is 2.82. The normalized spacial score (nSPS) is 13.4. The maximum atomic E-state index is 12.2. The Labute approximate surface area is 104 Å². The lowest BCUT2D eigenvalue weighted by Gasteiger charge is -2.14. The number of hydrogen-bond acceptors (Lipinski definition) is 4. The number of nitrogen functional groups attached to an aromatic ring is 1. The summed E-state index contributed by atoms with van der Waals surface area (Å²) in [4.78, 5) is 21.9. The number of anilines is 1. The molecule has 0 radical (unpaired) electrons. The van der Waals surface area contributed by atoms with Crippen molar-refractivity contribution in [3.63, 3.8) is 0 Å². The second-order valence-corrected chi connectivity index (χ2v) is 4.26. The second-order valence-electron chi connectivity index (χ2n) is 4.26. The van der Waals surface area contributed by atoms with Crippen LogP contribution < -0.4 is 5.73 Å². The van der Waals surface area contributed by atoms with Gasteiger partial charge in [0.1, 0.15) is 11.5 Å². The minimum Gasteiger partial charge on any atom is -0.382 e. The van der Waals surface area contributed by atoms with Gasteiger partial charge in [0.25, 0.3) is 5.91 Å². The predicted molar refractivity (Wildman–Crippen MR) is 66.5 cm³/mol. The second kappa shape index (κ2) is 4.10. The number of benzene rings is 1. The molecule has 0 aliphatic carbocycles. The molecular formula is C13H12N4O. The van der Waals surface area contributed by atoms with E-state index in [2.05, 4.69) is 9.97 Å². The molecule has 0 unspecified atom stereocenters. The van der Waals surface area contributed by atoms with Crippen LogP contribution in [0.4, 0.5) is 5.82 Å². The lowest BCUT2D eigenvalue weighted by atomic mass is 10.1. The van der Waals surface area contributed by atoms with Crippen molar-refractivity contribution in [1.82, 2.24) is 14.9 Å². The van der Waals surface area contributed by atoms with Gasteiger partial charge in [0.05, 0.1) is 12.4 Å². The van der Waals surface area contributed by atoms with Crippen molar-refractivity contribution in [2.75, 3.05) is 5.73 Å². The molecule has 2 heterocycles. The fourth-order valence-corrected chi connectivity index (χ4v) is 2.09. The van der Waals surface area contributed by atoms with Gasteiger partial charge in [0, 0.05) is 13.1 Å². The zero-order valence-corrected chi connectivity index (χ0v) is 9.71. The summed E-state index contributed by atoms with van der Waals surface area (Å²) < 4.78 is 0. The number of nitrogens with two attached hydrogens (primary N) is 1. The van der Waals surface area contributed by atoms with Crippen molar-refractivity contribution in [3.8, 4) is 0 Å². The van der Waals surface area contributed by atoms with Crippen LogP contribution >= 0.6 is 0 Å². The Bertz CT molecular complexity index is 569. The van der Waals surface area contributed by atoms with Crippen LogP contribution in [0.25, 0.3) is 0 Å². The van der Waals surface area contributed by atoms with Crippen LogP contribution in [-0.2, 0) is 13.1 Å². The number of rotatable bonds is 1. The Hall–Kier alpha value is -2.43. The third-order valence-corrected chi connectivity index (χ3v) is 3.02. The van der Waals surface area contributed by atoms with E-state index in [1.54, 1.807) is 4.90 Å². The molecule has 0 saturated carbocycles. The maximum Gasteiger partial charge on any atom is 0.274 e. The van der Waals surface area contributed by atoms with Crippen LogP contribution in [0.2, 0.25) is 0 Å². The number of fused-ring (bicyclic) bond motifs is 1. The summed E-state index contributed by atoms with van der Waals surface area (Å²) in [5, 5.41) is 0. The zero-order valence-electron chi connectivity index (χ0n) is 9.71. The summed E-state index contributed by atoms with van der Waals surface area (Å²) in [6.07, 6.45) is 2.82. The summed E-state index contributed by atoms with van der Waals surface area (Å²) in [5.41, 5.74) is 8.16. The van der Waals surface area contributed by atoms with Crippen molar-refractivity contribution in [2.45, 2.75) is 13.1 Å². The highest BCUT2D eigenvalue weighted by atomic mass is 16.2. The molecule has 0 spiro atoms. The van der Waals surface area contributed by atoms with E-state index < -0.39 is 0 Å². The van der Waals surface area contributed by atoms with Crippen molar-refractivity contribution >= 4 is 11.7 Å². The minimum absolute atomic E-state index is 0.112. The zero-order chi connectivity index (χ0) is 12.5. The van der Waals surface area contributed by atoms with Crippen LogP contribution in [0.1, 0.15) is 21.6 Å². The number of carbonyl (C=O) groups is 1. The molecule has 5 nitrogen and oxygen atoms in total. The minimum atomic E-state index is -0.112. The molecule has 1 amide bonds. The molecule has 0 fully saturated rings. The van der Waals surface area contributed by atoms with Crippen LogP contribution in [0.5, 0.6) is 0 Å². The third kappa shape index (κ3) is 1.79. The van der Waals surface area contributed by atoms with Gasteiger partial charge in [-0.25, -0.2) is 9.97 Å². The van der Waals surface area contributed by atoms with Crippen molar-refractivity contribution in [2.24, 2.45) is 0 Å². The molecule has 0 bridgehead atoms. The van der Waals surface area contributed by atoms with Crippen molar-refractivity contribution < 1.29 is 4.79 Å². The van der Waals surface area contributed by atoms with Crippen LogP contribution in [0.3, 0.4) is 0 Å². The Morgan fingerprint density at radius 3 is 2.33 bits per heavy atom. The van der Waals surface area contributed by atoms with Gasteiger partial charge in [-0.1, -0.05) is 24.3 Å². The molecule has 1 aliphatic heterocycles. The Morgan fingerprint density at radius 2 is 1.78 bits per heavy atom. The molecule has 2 N–H and O–H groups in total. The SMILES string of the molecule is Nc1cnc(C(=O)N2Cc3ccccc3C2)cn1. The average molecular weight is 240 g/mol. The molecule has 5 heteroatoms. The van der Waals surface area contributed by atoms with E-state index in [9.17, 15) is 4.79 Å². The van der Waals surface area contributed by atoms with E-state index in [4.69, 9.17) is 5.73 Å². The fourth-order valence-electron chi connectivity index (χ4n) is 2.09.